The molecular weight excluding hydrogens is 218 g/mol. The van der Waals surface area contributed by atoms with E-state index in [0.29, 0.717) is 5.57 Å². The topological polar surface area (TPSA) is 72.5 Å². The summed E-state index contributed by atoms with van der Waals surface area (Å²) in [5.41, 5.74) is 0.403. The van der Waals surface area contributed by atoms with Crippen LogP contribution in [0.2, 0.25) is 0 Å². The Hall–Kier alpha value is -1.04. The fourth-order valence-corrected chi connectivity index (χ4v) is 2.32. The van der Waals surface area contributed by atoms with Crippen LogP contribution in [0.25, 0.3) is 0 Å². The van der Waals surface area contributed by atoms with Crippen LogP contribution in [-0.4, -0.2) is 14.3 Å². The minimum absolute atomic E-state index is 0.0714. The SMILES string of the molecule is CC(C)C1=C(C(C)C)C(=O)NS(=O)(=O)O1. The maximum absolute atomic E-state index is 11.5. The molecule has 0 aromatic carbocycles. The van der Waals surface area contributed by atoms with Crippen molar-refractivity contribution in [3.63, 3.8) is 0 Å². The van der Waals surface area contributed by atoms with Gasteiger partial charge in [-0.2, -0.15) is 8.42 Å². The molecule has 5 nitrogen and oxygen atoms in total. The molecule has 0 saturated heterocycles. The number of allylic oxidation sites excluding steroid dienone is 1. The number of nitrogens with one attached hydrogen (secondary N) is 1. The van der Waals surface area contributed by atoms with Gasteiger partial charge in [0.2, 0.25) is 0 Å². The van der Waals surface area contributed by atoms with Crippen molar-refractivity contribution < 1.29 is 17.4 Å². The number of amides is 1. The number of rotatable bonds is 2. The summed E-state index contributed by atoms with van der Waals surface area (Å²) in [7, 11) is -3.95. The second-order valence-corrected chi connectivity index (χ2v) is 5.34. The summed E-state index contributed by atoms with van der Waals surface area (Å²) in [5, 5.41) is 0. The molecule has 1 amide bonds. The van der Waals surface area contributed by atoms with Crippen molar-refractivity contribution in [1.29, 1.82) is 0 Å². The molecule has 0 fully saturated rings. The predicted molar refractivity (Wildman–Crippen MR) is 54.8 cm³/mol. The Morgan fingerprint density at radius 2 is 1.67 bits per heavy atom. The molecule has 1 rings (SSSR count). The maximum Gasteiger partial charge on any atom is 0.409 e. The fraction of sp³-hybridized carbons (Fsp3) is 0.667. The van der Waals surface area contributed by atoms with Crippen LogP contribution in [0.4, 0.5) is 0 Å². The Balaban J connectivity index is 3.29. The minimum Gasteiger partial charge on any atom is -0.371 e. The third-order valence-electron chi connectivity index (χ3n) is 2.03. The van der Waals surface area contributed by atoms with Crippen molar-refractivity contribution >= 4 is 16.2 Å². The van der Waals surface area contributed by atoms with Crippen LogP contribution in [0.1, 0.15) is 27.7 Å². The van der Waals surface area contributed by atoms with Gasteiger partial charge in [-0.25, -0.2) is 4.72 Å². The van der Waals surface area contributed by atoms with Gasteiger partial charge in [0.05, 0.1) is 5.57 Å². The molecular formula is C9H15NO4S. The van der Waals surface area contributed by atoms with Crippen LogP contribution in [0.3, 0.4) is 0 Å². The Labute approximate surface area is 89.8 Å². The molecule has 6 heteroatoms. The van der Waals surface area contributed by atoms with Gasteiger partial charge in [-0.3, -0.25) is 4.79 Å². The van der Waals surface area contributed by atoms with Gasteiger partial charge in [0.15, 0.2) is 0 Å². The average Bonchev–Trinajstić information content (AvgIpc) is 1.99. The van der Waals surface area contributed by atoms with Crippen LogP contribution in [0, 0.1) is 11.8 Å². The average molecular weight is 233 g/mol. The smallest absolute Gasteiger partial charge is 0.371 e. The standard InChI is InChI=1S/C9H15NO4S/c1-5(2)7-8(6(3)4)14-15(12,13)10-9(7)11/h5-6H,1-4H3,(H,10,11). The van der Waals surface area contributed by atoms with Gasteiger partial charge in [0.1, 0.15) is 5.76 Å². The molecule has 86 valence electrons. The van der Waals surface area contributed by atoms with Gasteiger partial charge in [0.25, 0.3) is 5.91 Å². The minimum atomic E-state index is -3.95. The molecule has 0 atom stereocenters. The quantitative estimate of drug-likeness (QED) is 0.770. The van der Waals surface area contributed by atoms with Crippen LogP contribution >= 0.6 is 0 Å². The molecule has 0 aromatic rings. The zero-order chi connectivity index (χ0) is 11.8. The number of hydrogen-bond donors (Lipinski definition) is 1. The molecule has 1 N–H and O–H groups in total. The summed E-state index contributed by atoms with van der Waals surface area (Å²) in [6.45, 7) is 7.20. The summed E-state index contributed by atoms with van der Waals surface area (Å²) < 4.78 is 28.9. The summed E-state index contributed by atoms with van der Waals surface area (Å²) in [4.78, 5) is 11.5. The Morgan fingerprint density at radius 1 is 1.13 bits per heavy atom. The molecule has 1 heterocycles. The molecule has 1 aliphatic heterocycles. The summed E-state index contributed by atoms with van der Waals surface area (Å²) >= 11 is 0. The lowest BCUT2D eigenvalue weighted by molar-refractivity contribution is -0.117. The molecule has 1 aliphatic rings. The molecule has 0 bridgehead atoms. The summed E-state index contributed by atoms with van der Waals surface area (Å²) in [6, 6.07) is 0. The van der Waals surface area contributed by atoms with E-state index in [-0.39, 0.29) is 17.6 Å². The van der Waals surface area contributed by atoms with Crippen LogP contribution < -0.4 is 4.72 Å². The van der Waals surface area contributed by atoms with Gasteiger partial charge < -0.3 is 4.18 Å². The summed E-state index contributed by atoms with van der Waals surface area (Å²) in [5.74, 6) is -0.546. The van der Waals surface area contributed by atoms with Crippen molar-refractivity contribution in [3.8, 4) is 0 Å². The highest BCUT2D eigenvalue weighted by molar-refractivity contribution is 7.85. The summed E-state index contributed by atoms with van der Waals surface area (Å²) in [6.07, 6.45) is 0. The van der Waals surface area contributed by atoms with E-state index >= 15 is 0 Å². The van der Waals surface area contributed by atoms with E-state index < -0.39 is 16.2 Å². The van der Waals surface area contributed by atoms with E-state index in [1.54, 1.807) is 13.8 Å². The van der Waals surface area contributed by atoms with Crippen molar-refractivity contribution in [1.82, 2.24) is 4.72 Å². The first-order valence-corrected chi connectivity index (χ1v) is 6.16. The molecule has 0 spiro atoms. The third kappa shape index (κ3) is 2.50. The monoisotopic (exact) mass is 233 g/mol. The lowest BCUT2D eigenvalue weighted by Crippen LogP contribution is -2.40. The molecule has 0 saturated carbocycles. The fourth-order valence-electron chi connectivity index (χ4n) is 1.42. The highest BCUT2D eigenvalue weighted by Crippen LogP contribution is 2.27. The van der Waals surface area contributed by atoms with E-state index in [9.17, 15) is 13.2 Å². The second-order valence-electron chi connectivity index (χ2n) is 4.06. The first-order chi connectivity index (χ1) is 6.74. The molecule has 0 aromatic heterocycles. The van der Waals surface area contributed by atoms with Crippen molar-refractivity contribution in [2.45, 2.75) is 27.7 Å². The van der Waals surface area contributed by atoms with Crippen LogP contribution in [-0.2, 0) is 19.3 Å². The zero-order valence-corrected chi connectivity index (χ0v) is 10.0. The predicted octanol–water partition coefficient (Wildman–Crippen LogP) is 0.944. The van der Waals surface area contributed by atoms with E-state index in [1.807, 2.05) is 18.6 Å². The lowest BCUT2D eigenvalue weighted by atomic mass is 9.96. The number of carbonyl (C=O) groups excluding carboxylic acids is 1. The Morgan fingerprint density at radius 3 is 2.07 bits per heavy atom. The first-order valence-electron chi connectivity index (χ1n) is 4.75. The second kappa shape index (κ2) is 3.84. The van der Waals surface area contributed by atoms with Gasteiger partial charge >= 0.3 is 10.3 Å². The third-order valence-corrected chi connectivity index (χ3v) is 2.86. The van der Waals surface area contributed by atoms with E-state index in [0.717, 1.165) is 0 Å². The normalized spacial score (nSPS) is 20.5. The molecule has 0 radical (unpaired) electrons. The van der Waals surface area contributed by atoms with E-state index in [2.05, 4.69) is 0 Å². The van der Waals surface area contributed by atoms with Crippen LogP contribution in [0.15, 0.2) is 11.3 Å². The largest absolute Gasteiger partial charge is 0.409 e. The Kier molecular flexibility index (Phi) is 3.08. The van der Waals surface area contributed by atoms with Gasteiger partial charge in [-0.1, -0.05) is 27.7 Å². The maximum atomic E-state index is 11.5. The number of carbonyl (C=O) groups is 1. The highest BCUT2D eigenvalue weighted by Gasteiger charge is 2.33. The lowest BCUT2D eigenvalue weighted by Gasteiger charge is -2.24. The van der Waals surface area contributed by atoms with Gasteiger partial charge in [0, 0.05) is 5.92 Å². The van der Waals surface area contributed by atoms with Crippen molar-refractivity contribution in [3.05, 3.63) is 11.3 Å². The van der Waals surface area contributed by atoms with Crippen molar-refractivity contribution in [2.24, 2.45) is 11.8 Å². The highest BCUT2D eigenvalue weighted by atomic mass is 32.2. The molecule has 0 aliphatic carbocycles. The van der Waals surface area contributed by atoms with Crippen molar-refractivity contribution in [2.75, 3.05) is 0 Å². The zero-order valence-electron chi connectivity index (χ0n) is 9.20. The number of hydrogen-bond acceptors (Lipinski definition) is 4. The van der Waals surface area contributed by atoms with E-state index in [1.165, 1.54) is 0 Å². The molecule has 0 unspecified atom stereocenters. The van der Waals surface area contributed by atoms with Gasteiger partial charge in [-0.15, -0.1) is 0 Å². The van der Waals surface area contributed by atoms with E-state index in [4.69, 9.17) is 4.18 Å². The van der Waals surface area contributed by atoms with Gasteiger partial charge in [-0.05, 0) is 5.92 Å². The first kappa shape index (κ1) is 12.0. The Bertz CT molecular complexity index is 406. The van der Waals surface area contributed by atoms with Crippen LogP contribution in [0.5, 0.6) is 0 Å². The molecule has 15 heavy (non-hydrogen) atoms.